The third kappa shape index (κ3) is 6.97. The molecule has 0 atom stereocenters. The summed E-state index contributed by atoms with van der Waals surface area (Å²) >= 11 is 1.15. The summed E-state index contributed by atoms with van der Waals surface area (Å²) in [6.45, 7) is 3.30. The molecule has 2 N–H and O–H groups in total. The van der Waals surface area contributed by atoms with Crippen molar-refractivity contribution in [2.45, 2.75) is 26.9 Å². The number of nitrogens with two attached hydrogens (primary N) is 1. The molecule has 0 aliphatic heterocycles. The normalized spacial score (nSPS) is 10.7. The predicted molar refractivity (Wildman–Crippen MR) is 144 cm³/mol. The van der Waals surface area contributed by atoms with Gasteiger partial charge in [0.05, 0.1) is 25.3 Å². The number of anilines is 2. The Bertz CT molecular complexity index is 1220. The smallest absolute Gasteiger partial charge is 0.415 e. The second-order valence-electron chi connectivity index (χ2n) is 8.16. The predicted octanol–water partition coefficient (Wildman–Crippen LogP) is 6.10. The van der Waals surface area contributed by atoms with E-state index < -0.39 is 30.2 Å². The average molecular weight is 554 g/mol. The third-order valence-corrected chi connectivity index (χ3v) is 6.53. The van der Waals surface area contributed by atoms with Crippen LogP contribution in [0.5, 0.6) is 0 Å². The van der Waals surface area contributed by atoms with E-state index in [0.717, 1.165) is 33.9 Å². The number of hydrogen-bond acceptors (Lipinski definition) is 7. The maximum atomic E-state index is 14.6. The van der Waals surface area contributed by atoms with Crippen molar-refractivity contribution in [3.8, 4) is 10.4 Å². The minimum Gasteiger partial charge on any atom is -0.462 e. The SMILES string of the molecule is CCOC(=O)c1c(N(Cc2c(F)cccc2F)C(=O)OCC)sc(-c2ccc(N)cc2)c1CN(C)C.Cl. The zero-order valence-electron chi connectivity index (χ0n) is 21.0. The Kier molecular flexibility index (Phi) is 10.8. The van der Waals surface area contributed by atoms with Crippen molar-refractivity contribution in [2.24, 2.45) is 0 Å². The molecule has 1 aromatic heterocycles. The van der Waals surface area contributed by atoms with Crippen LogP contribution in [0.2, 0.25) is 0 Å². The maximum absolute atomic E-state index is 14.6. The Morgan fingerprint density at radius 1 is 0.919 bits per heavy atom. The number of benzene rings is 2. The molecule has 0 aliphatic carbocycles. The van der Waals surface area contributed by atoms with Crippen molar-refractivity contribution in [1.82, 2.24) is 4.90 Å². The van der Waals surface area contributed by atoms with Gasteiger partial charge in [-0.3, -0.25) is 4.90 Å². The molecule has 0 aliphatic rings. The second-order valence-corrected chi connectivity index (χ2v) is 9.15. The average Bonchev–Trinajstić information content (AvgIpc) is 3.17. The zero-order valence-corrected chi connectivity index (χ0v) is 22.7. The Morgan fingerprint density at radius 2 is 1.51 bits per heavy atom. The molecule has 3 rings (SSSR count). The number of thiophene rings is 1. The molecule has 2 aromatic carbocycles. The lowest BCUT2D eigenvalue weighted by molar-refractivity contribution is 0.0526. The topological polar surface area (TPSA) is 85.1 Å². The third-order valence-electron chi connectivity index (χ3n) is 5.23. The first-order chi connectivity index (χ1) is 17.2. The second kappa shape index (κ2) is 13.4. The Morgan fingerprint density at radius 3 is 2.05 bits per heavy atom. The summed E-state index contributed by atoms with van der Waals surface area (Å²) in [5, 5.41) is 0.179. The molecule has 0 fully saturated rings. The van der Waals surface area contributed by atoms with Crippen molar-refractivity contribution in [1.29, 1.82) is 0 Å². The fraction of sp³-hybridized carbons (Fsp3) is 0.308. The van der Waals surface area contributed by atoms with E-state index in [1.54, 1.807) is 26.0 Å². The van der Waals surface area contributed by atoms with Gasteiger partial charge in [-0.2, -0.15) is 0 Å². The van der Waals surface area contributed by atoms with Gasteiger partial charge in [0.2, 0.25) is 0 Å². The Labute approximate surface area is 225 Å². The lowest BCUT2D eigenvalue weighted by Gasteiger charge is -2.22. The van der Waals surface area contributed by atoms with Gasteiger partial charge in [-0.05, 0) is 57.8 Å². The Hall–Kier alpha value is -3.21. The molecule has 37 heavy (non-hydrogen) atoms. The van der Waals surface area contributed by atoms with Gasteiger partial charge in [-0.15, -0.1) is 23.7 Å². The summed E-state index contributed by atoms with van der Waals surface area (Å²) < 4.78 is 39.8. The van der Waals surface area contributed by atoms with Gasteiger partial charge in [0.15, 0.2) is 0 Å². The summed E-state index contributed by atoms with van der Waals surface area (Å²) in [5.41, 5.74) is 7.64. The minimum absolute atomic E-state index is 0. The molecular formula is C26H30ClF2N3O4S. The number of rotatable bonds is 9. The van der Waals surface area contributed by atoms with Gasteiger partial charge in [0.25, 0.3) is 0 Å². The van der Waals surface area contributed by atoms with Crippen molar-refractivity contribution in [3.63, 3.8) is 0 Å². The van der Waals surface area contributed by atoms with Gasteiger partial charge >= 0.3 is 12.1 Å². The zero-order chi connectivity index (χ0) is 26.4. The summed E-state index contributed by atoms with van der Waals surface area (Å²) in [7, 11) is 3.69. The summed E-state index contributed by atoms with van der Waals surface area (Å²) in [5.74, 6) is -2.28. The molecule has 0 spiro atoms. The van der Waals surface area contributed by atoms with Gasteiger partial charge in [0.1, 0.15) is 16.6 Å². The van der Waals surface area contributed by atoms with Gasteiger partial charge < -0.3 is 20.1 Å². The standard InChI is InChI=1S/C26H29F2N3O4S.ClH/c1-5-34-25(32)22-19(14-30(3)4)23(16-10-12-17(29)13-11-16)36-24(22)31(26(33)35-6-2)15-18-20(27)8-7-9-21(18)28;/h7-13H,5-6,14-15,29H2,1-4H3;1H. The first-order valence-electron chi connectivity index (χ1n) is 11.4. The van der Waals surface area contributed by atoms with E-state index in [9.17, 15) is 18.4 Å². The number of ether oxygens (including phenoxy) is 2. The quantitative estimate of drug-likeness (QED) is 0.255. The van der Waals surface area contributed by atoms with E-state index in [4.69, 9.17) is 15.2 Å². The van der Waals surface area contributed by atoms with E-state index >= 15 is 0 Å². The first kappa shape index (κ1) is 30.0. The Balaban J connectivity index is 0.00000481. The van der Waals surface area contributed by atoms with Crippen molar-refractivity contribution >= 4 is 46.5 Å². The van der Waals surface area contributed by atoms with Crippen LogP contribution in [0.25, 0.3) is 10.4 Å². The number of halogens is 3. The van der Waals surface area contributed by atoms with Crippen LogP contribution in [0.15, 0.2) is 42.5 Å². The van der Waals surface area contributed by atoms with E-state index in [1.165, 1.54) is 6.07 Å². The van der Waals surface area contributed by atoms with Crippen molar-refractivity contribution < 1.29 is 27.8 Å². The molecule has 0 saturated heterocycles. The molecule has 11 heteroatoms. The van der Waals surface area contributed by atoms with E-state index in [1.807, 2.05) is 31.1 Å². The number of carbonyl (C=O) groups is 2. The van der Waals surface area contributed by atoms with Crippen molar-refractivity contribution in [2.75, 3.05) is 37.9 Å². The number of nitrogen functional groups attached to an aromatic ring is 1. The number of amides is 1. The van der Waals surface area contributed by atoms with Crippen LogP contribution in [-0.4, -0.2) is 44.3 Å². The molecule has 0 saturated carbocycles. The van der Waals surface area contributed by atoms with Crippen LogP contribution in [-0.2, 0) is 22.6 Å². The van der Waals surface area contributed by atoms with Crippen LogP contribution >= 0.6 is 23.7 Å². The first-order valence-corrected chi connectivity index (χ1v) is 12.2. The molecule has 1 heterocycles. The lowest BCUT2D eigenvalue weighted by atomic mass is 10.0. The van der Waals surface area contributed by atoms with Crippen LogP contribution in [0, 0.1) is 11.6 Å². The number of nitrogens with zero attached hydrogens (tertiary/aromatic N) is 2. The highest BCUT2D eigenvalue weighted by molar-refractivity contribution is 7.20. The molecule has 1 amide bonds. The highest BCUT2D eigenvalue weighted by Crippen LogP contribution is 2.44. The highest BCUT2D eigenvalue weighted by atomic mass is 35.5. The summed E-state index contributed by atoms with van der Waals surface area (Å²) in [4.78, 5) is 30.0. The number of esters is 1. The molecule has 0 radical (unpaired) electrons. The fourth-order valence-corrected chi connectivity index (χ4v) is 4.95. The van der Waals surface area contributed by atoms with Crippen LogP contribution < -0.4 is 10.6 Å². The fourth-order valence-electron chi connectivity index (χ4n) is 3.65. The largest absolute Gasteiger partial charge is 0.462 e. The van der Waals surface area contributed by atoms with Crippen LogP contribution in [0.3, 0.4) is 0 Å². The van der Waals surface area contributed by atoms with E-state index in [-0.39, 0.29) is 41.7 Å². The lowest BCUT2D eigenvalue weighted by Crippen LogP contribution is -2.32. The maximum Gasteiger partial charge on any atom is 0.415 e. The number of hydrogen-bond donors (Lipinski definition) is 1. The van der Waals surface area contributed by atoms with Gasteiger partial charge in [-0.1, -0.05) is 18.2 Å². The monoisotopic (exact) mass is 553 g/mol. The molecule has 0 unspecified atom stereocenters. The molecule has 200 valence electrons. The minimum atomic E-state index is -0.841. The summed E-state index contributed by atoms with van der Waals surface area (Å²) in [6.07, 6.45) is -0.841. The molecular weight excluding hydrogens is 524 g/mol. The highest BCUT2D eigenvalue weighted by Gasteiger charge is 2.33. The van der Waals surface area contributed by atoms with Gasteiger partial charge in [0, 0.05) is 28.2 Å². The molecule has 7 nitrogen and oxygen atoms in total. The van der Waals surface area contributed by atoms with Crippen LogP contribution in [0.1, 0.15) is 35.3 Å². The van der Waals surface area contributed by atoms with Crippen molar-refractivity contribution in [3.05, 3.63) is 70.8 Å². The van der Waals surface area contributed by atoms with Gasteiger partial charge in [-0.25, -0.2) is 18.4 Å². The van der Waals surface area contributed by atoms with Crippen LogP contribution in [0.4, 0.5) is 24.3 Å². The summed E-state index contributed by atoms with van der Waals surface area (Å²) in [6, 6.07) is 10.5. The van der Waals surface area contributed by atoms with E-state index in [2.05, 4.69) is 0 Å². The number of carbonyl (C=O) groups excluding carboxylic acids is 2. The molecule has 0 bridgehead atoms. The van der Waals surface area contributed by atoms with E-state index in [0.29, 0.717) is 22.7 Å². The molecule has 3 aromatic rings.